The Bertz CT molecular complexity index is 538. The van der Waals surface area contributed by atoms with Crippen molar-refractivity contribution in [2.45, 2.75) is 38.5 Å². The number of thiophene rings is 1. The lowest BCUT2D eigenvalue weighted by Crippen LogP contribution is -2.27. The molecule has 0 radical (unpaired) electrons. The lowest BCUT2D eigenvalue weighted by molar-refractivity contribution is 0.0636. The van der Waals surface area contributed by atoms with Gasteiger partial charge in [0.2, 0.25) is 0 Å². The molecule has 4 nitrogen and oxygen atoms in total. The van der Waals surface area contributed by atoms with Crippen LogP contribution in [0.3, 0.4) is 0 Å². The fraction of sp³-hybridized carbons (Fsp3) is 0.538. The second-order valence-electron chi connectivity index (χ2n) is 5.25. The summed E-state index contributed by atoms with van der Waals surface area (Å²) in [6.07, 6.45) is 0.394. The molecule has 1 aromatic rings. The first kappa shape index (κ1) is 14.2. The quantitative estimate of drug-likeness (QED) is 0.857. The summed E-state index contributed by atoms with van der Waals surface area (Å²) in [5, 5.41) is 12.6. The fourth-order valence-corrected chi connectivity index (χ4v) is 4.15. The van der Waals surface area contributed by atoms with Gasteiger partial charge >= 0.3 is 6.09 Å². The van der Waals surface area contributed by atoms with E-state index in [0.717, 1.165) is 23.5 Å². The molecule has 1 amide bonds. The fourth-order valence-electron chi connectivity index (χ4n) is 1.83. The smallest absolute Gasteiger partial charge is 0.412 e. The third-order valence-corrected chi connectivity index (χ3v) is 4.86. The van der Waals surface area contributed by atoms with E-state index in [-0.39, 0.29) is 0 Å². The zero-order valence-electron chi connectivity index (χ0n) is 11.2. The highest BCUT2D eigenvalue weighted by Crippen LogP contribution is 2.39. The van der Waals surface area contributed by atoms with Crippen LogP contribution in [-0.4, -0.2) is 17.4 Å². The first-order valence-electron chi connectivity index (χ1n) is 6.03. The number of carbonyl (C=O) groups is 1. The Kier molecular flexibility index (Phi) is 4.07. The number of hydrogen-bond donors (Lipinski definition) is 1. The van der Waals surface area contributed by atoms with Crippen molar-refractivity contribution in [1.29, 1.82) is 5.26 Å². The SMILES string of the molecule is CC(C)(C)OC(=O)Nc1sc2c(c1C#N)CCSC2. The van der Waals surface area contributed by atoms with Gasteiger partial charge in [0, 0.05) is 10.6 Å². The normalized spacial score (nSPS) is 14.4. The van der Waals surface area contributed by atoms with Gasteiger partial charge < -0.3 is 4.74 Å². The number of rotatable bonds is 1. The molecule has 2 heterocycles. The molecule has 0 bridgehead atoms. The predicted octanol–water partition coefficient (Wildman–Crippen LogP) is 3.76. The van der Waals surface area contributed by atoms with Crippen LogP contribution in [0.4, 0.5) is 9.80 Å². The second kappa shape index (κ2) is 5.43. The molecule has 0 fully saturated rings. The van der Waals surface area contributed by atoms with Crippen LogP contribution in [0.15, 0.2) is 0 Å². The number of nitrogens with one attached hydrogen (secondary N) is 1. The molecule has 0 unspecified atom stereocenters. The molecule has 0 aliphatic carbocycles. The maximum atomic E-state index is 11.8. The maximum Gasteiger partial charge on any atom is 0.412 e. The Morgan fingerprint density at radius 2 is 2.21 bits per heavy atom. The lowest BCUT2D eigenvalue weighted by Gasteiger charge is -2.19. The van der Waals surface area contributed by atoms with Crippen molar-refractivity contribution in [2.75, 3.05) is 11.1 Å². The predicted molar refractivity (Wildman–Crippen MR) is 78.8 cm³/mol. The Morgan fingerprint density at radius 1 is 1.47 bits per heavy atom. The van der Waals surface area contributed by atoms with E-state index < -0.39 is 11.7 Å². The van der Waals surface area contributed by atoms with Gasteiger partial charge in [0.25, 0.3) is 0 Å². The van der Waals surface area contributed by atoms with E-state index in [1.54, 1.807) is 0 Å². The van der Waals surface area contributed by atoms with Crippen LogP contribution in [0.5, 0.6) is 0 Å². The number of amides is 1. The van der Waals surface area contributed by atoms with Crippen molar-refractivity contribution in [3.05, 3.63) is 16.0 Å². The van der Waals surface area contributed by atoms with Gasteiger partial charge in [0.05, 0.1) is 5.56 Å². The van der Waals surface area contributed by atoms with E-state index >= 15 is 0 Å². The number of nitrogens with zero attached hydrogens (tertiary/aromatic N) is 1. The summed E-state index contributed by atoms with van der Waals surface area (Å²) in [7, 11) is 0. The van der Waals surface area contributed by atoms with Gasteiger partial charge in [-0.2, -0.15) is 17.0 Å². The average Bonchev–Trinajstić information content (AvgIpc) is 2.63. The van der Waals surface area contributed by atoms with E-state index in [2.05, 4.69) is 11.4 Å². The van der Waals surface area contributed by atoms with Gasteiger partial charge in [-0.1, -0.05) is 0 Å². The molecule has 102 valence electrons. The molecule has 0 spiro atoms. The van der Waals surface area contributed by atoms with E-state index in [4.69, 9.17) is 4.74 Å². The zero-order chi connectivity index (χ0) is 14.0. The molecule has 1 N–H and O–H groups in total. The molecule has 1 aliphatic heterocycles. The maximum absolute atomic E-state index is 11.8. The molecular formula is C13H16N2O2S2. The van der Waals surface area contributed by atoms with Crippen molar-refractivity contribution in [1.82, 2.24) is 0 Å². The van der Waals surface area contributed by atoms with E-state index in [9.17, 15) is 10.1 Å². The van der Waals surface area contributed by atoms with Gasteiger partial charge in [-0.05, 0) is 38.5 Å². The molecule has 0 aromatic carbocycles. The Labute approximate surface area is 121 Å². The summed E-state index contributed by atoms with van der Waals surface area (Å²) >= 11 is 3.34. The van der Waals surface area contributed by atoms with Gasteiger partial charge in [-0.3, -0.25) is 5.32 Å². The lowest BCUT2D eigenvalue weighted by atomic mass is 10.1. The molecule has 6 heteroatoms. The highest BCUT2D eigenvalue weighted by Gasteiger charge is 2.23. The molecule has 1 aliphatic rings. The number of ether oxygens (including phenoxy) is 1. The number of fused-ring (bicyclic) bond motifs is 1. The minimum absolute atomic E-state index is 0.504. The first-order valence-corrected chi connectivity index (χ1v) is 8.00. The third-order valence-electron chi connectivity index (χ3n) is 2.55. The second-order valence-corrected chi connectivity index (χ2v) is 7.46. The molecular weight excluding hydrogens is 280 g/mol. The highest BCUT2D eigenvalue weighted by atomic mass is 32.2. The molecule has 19 heavy (non-hydrogen) atoms. The molecule has 1 aromatic heterocycles. The van der Waals surface area contributed by atoms with E-state index in [0.29, 0.717) is 10.6 Å². The van der Waals surface area contributed by atoms with E-state index in [1.165, 1.54) is 16.2 Å². The van der Waals surface area contributed by atoms with Crippen LogP contribution in [-0.2, 0) is 16.9 Å². The van der Waals surface area contributed by atoms with Crippen LogP contribution in [0, 0.1) is 11.3 Å². The van der Waals surface area contributed by atoms with E-state index in [1.807, 2.05) is 32.5 Å². The third kappa shape index (κ3) is 3.43. The number of carbonyl (C=O) groups excluding carboxylic acids is 1. The Hall–Kier alpha value is -1.19. The first-order chi connectivity index (χ1) is 8.90. The highest BCUT2D eigenvalue weighted by molar-refractivity contribution is 7.98. The largest absolute Gasteiger partial charge is 0.444 e. The summed E-state index contributed by atoms with van der Waals surface area (Å²) in [5.41, 5.74) is 1.16. The Morgan fingerprint density at radius 3 is 2.84 bits per heavy atom. The molecule has 0 atom stereocenters. The van der Waals surface area contributed by atoms with Crippen molar-refractivity contribution in [2.24, 2.45) is 0 Å². The van der Waals surface area contributed by atoms with Crippen molar-refractivity contribution in [3.8, 4) is 6.07 Å². The van der Waals surface area contributed by atoms with Crippen LogP contribution in [0.2, 0.25) is 0 Å². The van der Waals surface area contributed by atoms with Crippen LogP contribution in [0.1, 0.15) is 36.8 Å². The van der Waals surface area contributed by atoms with Gasteiger partial charge in [0.15, 0.2) is 0 Å². The molecule has 0 saturated carbocycles. The van der Waals surface area contributed by atoms with Crippen molar-refractivity contribution in [3.63, 3.8) is 0 Å². The van der Waals surface area contributed by atoms with Crippen molar-refractivity contribution >= 4 is 34.2 Å². The van der Waals surface area contributed by atoms with Crippen molar-refractivity contribution < 1.29 is 9.53 Å². The summed E-state index contributed by atoms with van der Waals surface area (Å²) in [6, 6.07) is 2.20. The monoisotopic (exact) mass is 296 g/mol. The standard InChI is InChI=1S/C13H16N2O2S2/c1-13(2,3)17-12(16)15-11-9(6-14)8-4-5-18-7-10(8)19-11/h4-5,7H2,1-3H3,(H,15,16). The Balaban J connectivity index is 2.19. The number of anilines is 1. The van der Waals surface area contributed by atoms with Gasteiger partial charge in [-0.25, -0.2) is 4.79 Å². The number of thioether (sulfide) groups is 1. The number of nitriles is 1. The topological polar surface area (TPSA) is 62.1 Å². The number of hydrogen-bond acceptors (Lipinski definition) is 5. The minimum atomic E-state index is -0.538. The van der Waals surface area contributed by atoms with Gasteiger partial charge in [0.1, 0.15) is 16.7 Å². The summed E-state index contributed by atoms with van der Waals surface area (Å²) in [5.74, 6) is 1.95. The summed E-state index contributed by atoms with van der Waals surface area (Å²) in [6.45, 7) is 5.44. The van der Waals surface area contributed by atoms with Crippen LogP contribution in [0.25, 0.3) is 0 Å². The summed E-state index contributed by atoms with van der Waals surface area (Å²) < 4.78 is 5.22. The average molecular weight is 296 g/mol. The van der Waals surface area contributed by atoms with Gasteiger partial charge in [-0.15, -0.1) is 11.3 Å². The van der Waals surface area contributed by atoms with Crippen LogP contribution < -0.4 is 5.32 Å². The minimum Gasteiger partial charge on any atom is -0.444 e. The summed E-state index contributed by atoms with van der Waals surface area (Å²) in [4.78, 5) is 13.0. The molecule has 2 rings (SSSR count). The van der Waals surface area contributed by atoms with Crippen LogP contribution >= 0.6 is 23.1 Å². The zero-order valence-corrected chi connectivity index (χ0v) is 12.8. The molecule has 0 saturated heterocycles.